The second-order valence-corrected chi connectivity index (χ2v) is 6.75. The van der Waals surface area contributed by atoms with Crippen LogP contribution >= 0.6 is 0 Å². The number of nitrogens with two attached hydrogens (primary N) is 1. The summed E-state index contributed by atoms with van der Waals surface area (Å²) in [6.45, 7) is 2.50. The van der Waals surface area contributed by atoms with E-state index in [9.17, 15) is 8.42 Å². The molecule has 1 aromatic heterocycles. The Bertz CT molecular complexity index is 759. The summed E-state index contributed by atoms with van der Waals surface area (Å²) in [7, 11) is -3.71. The fraction of sp³-hybridized carbons (Fsp3) is 0.286. The van der Waals surface area contributed by atoms with Crippen LogP contribution in [0.25, 0.3) is 0 Å². The maximum Gasteiger partial charge on any atom is 0.227 e. The molecule has 0 saturated carbocycles. The number of morpholine rings is 1. The highest BCUT2D eigenvalue weighted by Crippen LogP contribution is 2.25. The van der Waals surface area contributed by atoms with Gasteiger partial charge in [0.25, 0.3) is 0 Å². The molecule has 1 aliphatic rings. The van der Waals surface area contributed by atoms with E-state index >= 15 is 0 Å². The van der Waals surface area contributed by atoms with Crippen molar-refractivity contribution < 1.29 is 13.2 Å². The first-order valence-electron chi connectivity index (χ1n) is 6.84. The largest absolute Gasteiger partial charge is 0.382 e. The van der Waals surface area contributed by atoms with E-state index in [1.165, 1.54) is 18.3 Å². The molecule has 1 fully saturated rings. The minimum atomic E-state index is -3.71. The molecule has 3 rings (SSSR count). The van der Waals surface area contributed by atoms with Gasteiger partial charge < -0.3 is 15.4 Å². The molecule has 0 spiro atoms. The average molecular weight is 320 g/mol. The number of nitrogens with zero attached hydrogens (tertiary/aromatic N) is 3. The first-order valence-corrected chi connectivity index (χ1v) is 8.33. The van der Waals surface area contributed by atoms with E-state index in [2.05, 4.69) is 9.97 Å². The van der Waals surface area contributed by atoms with Crippen LogP contribution in [0.15, 0.2) is 46.3 Å². The lowest BCUT2D eigenvalue weighted by Crippen LogP contribution is -2.37. The van der Waals surface area contributed by atoms with Gasteiger partial charge >= 0.3 is 0 Å². The maximum atomic E-state index is 12.5. The van der Waals surface area contributed by atoms with Gasteiger partial charge in [0.05, 0.1) is 24.3 Å². The highest BCUT2D eigenvalue weighted by atomic mass is 32.2. The Morgan fingerprint density at radius 3 is 2.45 bits per heavy atom. The van der Waals surface area contributed by atoms with Crippen molar-refractivity contribution >= 4 is 21.6 Å². The van der Waals surface area contributed by atoms with Gasteiger partial charge in [-0.2, -0.15) is 4.98 Å². The Balaban J connectivity index is 1.95. The van der Waals surface area contributed by atoms with Crippen LogP contribution in [0.3, 0.4) is 0 Å². The second-order valence-electron chi connectivity index (χ2n) is 4.84. The van der Waals surface area contributed by atoms with Gasteiger partial charge in [0.1, 0.15) is 10.7 Å². The van der Waals surface area contributed by atoms with Gasteiger partial charge in [-0.05, 0) is 12.1 Å². The highest BCUT2D eigenvalue weighted by molar-refractivity contribution is 7.91. The van der Waals surface area contributed by atoms with E-state index in [4.69, 9.17) is 10.5 Å². The predicted molar refractivity (Wildman–Crippen MR) is 81.4 cm³/mol. The van der Waals surface area contributed by atoms with Crippen LogP contribution in [-0.4, -0.2) is 44.7 Å². The lowest BCUT2D eigenvalue weighted by atomic mass is 10.4. The number of sulfone groups is 1. The number of benzene rings is 1. The molecule has 0 amide bonds. The zero-order valence-electron chi connectivity index (χ0n) is 11.8. The summed E-state index contributed by atoms with van der Waals surface area (Å²) in [4.78, 5) is 10.3. The quantitative estimate of drug-likeness (QED) is 0.890. The molecule has 0 bridgehead atoms. The first-order chi connectivity index (χ1) is 10.6. The number of nitrogen functional groups attached to an aromatic ring is 1. The van der Waals surface area contributed by atoms with Crippen LogP contribution in [0.4, 0.5) is 11.8 Å². The van der Waals surface area contributed by atoms with Gasteiger partial charge in [0.2, 0.25) is 15.8 Å². The predicted octanol–water partition coefficient (Wildman–Crippen LogP) is 0.728. The molecular formula is C14H16N4O3S. The molecule has 0 unspecified atom stereocenters. The third-order valence-electron chi connectivity index (χ3n) is 3.41. The summed E-state index contributed by atoms with van der Waals surface area (Å²) in [5, 5.41) is 0. The number of hydrogen-bond acceptors (Lipinski definition) is 7. The van der Waals surface area contributed by atoms with Gasteiger partial charge in [-0.25, -0.2) is 13.4 Å². The molecule has 1 saturated heterocycles. The molecule has 2 N–H and O–H groups in total. The van der Waals surface area contributed by atoms with Crippen LogP contribution in [0, 0.1) is 0 Å². The summed E-state index contributed by atoms with van der Waals surface area (Å²) >= 11 is 0. The third-order valence-corrected chi connectivity index (χ3v) is 5.19. The molecule has 0 aliphatic carbocycles. The van der Waals surface area contributed by atoms with Crippen molar-refractivity contribution in [3.8, 4) is 0 Å². The molecule has 116 valence electrons. The summed E-state index contributed by atoms with van der Waals surface area (Å²) in [6.07, 6.45) is 1.27. The Hall–Kier alpha value is -2.19. The van der Waals surface area contributed by atoms with Crippen molar-refractivity contribution in [3.63, 3.8) is 0 Å². The van der Waals surface area contributed by atoms with Crippen LogP contribution in [0.5, 0.6) is 0 Å². The van der Waals surface area contributed by atoms with E-state index < -0.39 is 9.84 Å². The summed E-state index contributed by atoms with van der Waals surface area (Å²) < 4.78 is 30.4. The molecule has 2 heterocycles. The van der Waals surface area contributed by atoms with Crippen molar-refractivity contribution in [3.05, 3.63) is 36.5 Å². The minimum absolute atomic E-state index is 0.0413. The molecule has 22 heavy (non-hydrogen) atoms. The molecule has 1 aromatic carbocycles. The van der Waals surface area contributed by atoms with E-state index in [0.717, 1.165) is 0 Å². The summed E-state index contributed by atoms with van der Waals surface area (Å²) in [5.74, 6) is 0.383. The standard InChI is InChI=1S/C14H16N4O3S/c15-13-12(22(19,20)11-4-2-1-3-5-11)10-16-14(17-13)18-6-8-21-9-7-18/h1-5,10H,6-9H2,(H2,15,16,17). The molecular weight excluding hydrogens is 304 g/mol. The van der Waals surface area contributed by atoms with E-state index in [1.807, 2.05) is 4.90 Å². The van der Waals surface area contributed by atoms with E-state index in [-0.39, 0.29) is 15.6 Å². The monoisotopic (exact) mass is 320 g/mol. The highest BCUT2D eigenvalue weighted by Gasteiger charge is 2.23. The van der Waals surface area contributed by atoms with Crippen LogP contribution in [0.2, 0.25) is 0 Å². The number of hydrogen-bond donors (Lipinski definition) is 1. The first kappa shape index (κ1) is 14.7. The minimum Gasteiger partial charge on any atom is -0.382 e. The Morgan fingerprint density at radius 1 is 1.14 bits per heavy atom. The number of rotatable bonds is 3. The van der Waals surface area contributed by atoms with Crippen molar-refractivity contribution in [2.75, 3.05) is 36.9 Å². The van der Waals surface area contributed by atoms with Crippen molar-refractivity contribution in [2.45, 2.75) is 9.79 Å². The fourth-order valence-electron chi connectivity index (χ4n) is 2.22. The average Bonchev–Trinajstić information content (AvgIpc) is 2.56. The van der Waals surface area contributed by atoms with Gasteiger partial charge in [0.15, 0.2) is 0 Å². The Kier molecular flexibility index (Phi) is 3.95. The second kappa shape index (κ2) is 5.90. The van der Waals surface area contributed by atoms with Crippen LogP contribution in [0.1, 0.15) is 0 Å². The lowest BCUT2D eigenvalue weighted by Gasteiger charge is -2.26. The molecule has 2 aromatic rings. The van der Waals surface area contributed by atoms with Gasteiger partial charge in [-0.15, -0.1) is 0 Å². The zero-order chi connectivity index (χ0) is 15.6. The van der Waals surface area contributed by atoms with Crippen LogP contribution < -0.4 is 10.6 Å². The van der Waals surface area contributed by atoms with Crippen LogP contribution in [-0.2, 0) is 14.6 Å². The molecule has 0 radical (unpaired) electrons. The van der Waals surface area contributed by atoms with Crippen molar-refractivity contribution in [2.24, 2.45) is 0 Å². The fourth-order valence-corrected chi connectivity index (χ4v) is 3.51. The van der Waals surface area contributed by atoms with Crippen molar-refractivity contribution in [1.82, 2.24) is 9.97 Å². The van der Waals surface area contributed by atoms with Gasteiger partial charge in [0, 0.05) is 13.1 Å². The molecule has 1 aliphatic heterocycles. The Labute approximate surface area is 128 Å². The Morgan fingerprint density at radius 2 is 1.82 bits per heavy atom. The summed E-state index contributed by atoms with van der Waals surface area (Å²) in [6, 6.07) is 8.10. The summed E-state index contributed by atoms with van der Waals surface area (Å²) in [5.41, 5.74) is 5.86. The van der Waals surface area contributed by atoms with Crippen molar-refractivity contribution in [1.29, 1.82) is 0 Å². The van der Waals surface area contributed by atoms with E-state index in [0.29, 0.717) is 32.3 Å². The normalized spacial score (nSPS) is 15.7. The lowest BCUT2D eigenvalue weighted by molar-refractivity contribution is 0.122. The van der Waals surface area contributed by atoms with E-state index in [1.54, 1.807) is 18.2 Å². The third kappa shape index (κ3) is 2.75. The zero-order valence-corrected chi connectivity index (χ0v) is 12.7. The smallest absolute Gasteiger partial charge is 0.227 e. The topological polar surface area (TPSA) is 98.4 Å². The number of aromatic nitrogens is 2. The molecule has 7 nitrogen and oxygen atoms in total. The number of anilines is 2. The SMILES string of the molecule is Nc1nc(N2CCOCC2)ncc1S(=O)(=O)c1ccccc1. The number of ether oxygens (including phenoxy) is 1. The maximum absolute atomic E-state index is 12.5. The molecule has 0 atom stereocenters. The molecule has 8 heteroatoms. The van der Waals surface area contributed by atoms with Gasteiger partial charge in [-0.3, -0.25) is 0 Å². The van der Waals surface area contributed by atoms with Gasteiger partial charge in [-0.1, -0.05) is 18.2 Å².